The first-order valence-electron chi connectivity index (χ1n) is 15.8. The van der Waals surface area contributed by atoms with E-state index in [1.54, 1.807) is 0 Å². The fourth-order valence-corrected chi connectivity index (χ4v) is 8.35. The number of unbranched alkanes of at least 4 members (excludes halogenated alkanes) is 2. The van der Waals surface area contributed by atoms with Gasteiger partial charge in [-0.05, 0) is 69.8 Å². The van der Waals surface area contributed by atoms with Gasteiger partial charge in [-0.15, -0.1) is 22.7 Å². The van der Waals surface area contributed by atoms with E-state index in [9.17, 15) is 0 Å². The average molecular weight is 567 g/mol. The minimum atomic E-state index is 0.799. The van der Waals surface area contributed by atoms with Gasteiger partial charge in [0.2, 0.25) is 0 Å². The molecule has 0 N–H and O–H groups in total. The predicted molar refractivity (Wildman–Crippen MR) is 182 cm³/mol. The Morgan fingerprint density at radius 2 is 0.925 bits per heavy atom. The summed E-state index contributed by atoms with van der Waals surface area (Å²) in [7, 11) is 0. The Morgan fingerprint density at radius 1 is 0.525 bits per heavy atom. The molecule has 0 fully saturated rings. The van der Waals surface area contributed by atoms with Crippen LogP contribution in [0.5, 0.6) is 0 Å². The molecule has 0 aliphatic carbocycles. The summed E-state index contributed by atoms with van der Waals surface area (Å²) >= 11 is 3.78. The zero-order valence-corrected chi connectivity index (χ0v) is 26.6. The molecule has 2 aromatic heterocycles. The van der Waals surface area contributed by atoms with Crippen LogP contribution in [0.3, 0.4) is 0 Å². The fourth-order valence-electron chi connectivity index (χ4n) is 6.39. The lowest BCUT2D eigenvalue weighted by atomic mass is 9.89. The van der Waals surface area contributed by atoms with E-state index in [2.05, 4.69) is 99.1 Å². The number of hydrogen-bond donors (Lipinski definition) is 0. The molecular formula is C38H46S2. The number of hydrogen-bond acceptors (Lipinski definition) is 2. The first kappa shape index (κ1) is 29.1. The largest absolute Gasteiger partial charge is 0.143 e. The Balaban J connectivity index is 1.47. The van der Waals surface area contributed by atoms with Crippen molar-refractivity contribution in [3.63, 3.8) is 0 Å². The molecule has 3 aromatic carbocycles. The second-order valence-electron chi connectivity index (χ2n) is 11.7. The summed E-state index contributed by atoms with van der Waals surface area (Å²) in [6.07, 6.45) is 12.9. The molecule has 40 heavy (non-hydrogen) atoms. The third kappa shape index (κ3) is 6.39. The number of benzene rings is 3. The van der Waals surface area contributed by atoms with Gasteiger partial charge in [0, 0.05) is 31.3 Å². The van der Waals surface area contributed by atoms with Crippen molar-refractivity contribution in [2.75, 3.05) is 0 Å². The van der Waals surface area contributed by atoms with E-state index >= 15 is 0 Å². The smallest absolute Gasteiger partial charge is 0.0434 e. The van der Waals surface area contributed by atoms with Crippen molar-refractivity contribution in [1.82, 2.24) is 0 Å². The SMILES string of the molecule is CCCCC(CC)Cc1ccc(-c2c3ccsc3c(-c3ccc(CC(CC)CCCC)cc3)c3ccsc23)cc1. The summed E-state index contributed by atoms with van der Waals surface area (Å²) in [5, 5.41) is 7.35. The average Bonchev–Trinajstić information content (AvgIpc) is 3.67. The lowest BCUT2D eigenvalue weighted by Crippen LogP contribution is -2.03. The van der Waals surface area contributed by atoms with E-state index in [1.807, 2.05) is 22.7 Å². The summed E-state index contributed by atoms with van der Waals surface area (Å²) in [6.45, 7) is 9.30. The Bertz CT molecular complexity index is 1320. The van der Waals surface area contributed by atoms with Gasteiger partial charge in [0.15, 0.2) is 0 Å². The molecule has 0 saturated heterocycles. The van der Waals surface area contributed by atoms with Crippen LogP contribution < -0.4 is 0 Å². The first-order chi connectivity index (χ1) is 19.7. The number of fused-ring (bicyclic) bond motifs is 2. The van der Waals surface area contributed by atoms with Gasteiger partial charge in [-0.2, -0.15) is 0 Å². The highest BCUT2D eigenvalue weighted by molar-refractivity contribution is 7.20. The van der Waals surface area contributed by atoms with E-state index in [4.69, 9.17) is 0 Å². The van der Waals surface area contributed by atoms with Gasteiger partial charge < -0.3 is 0 Å². The molecule has 0 aliphatic heterocycles. The minimum Gasteiger partial charge on any atom is -0.143 e. The molecular weight excluding hydrogens is 521 g/mol. The fraction of sp³-hybridized carbons (Fsp3) is 0.421. The van der Waals surface area contributed by atoms with E-state index in [-0.39, 0.29) is 0 Å². The van der Waals surface area contributed by atoms with Crippen LogP contribution in [-0.2, 0) is 12.8 Å². The van der Waals surface area contributed by atoms with Gasteiger partial charge in [-0.3, -0.25) is 0 Å². The molecule has 2 atom stereocenters. The van der Waals surface area contributed by atoms with Crippen LogP contribution in [0.25, 0.3) is 42.4 Å². The molecule has 2 heterocycles. The number of thiophene rings is 2. The van der Waals surface area contributed by atoms with Crippen LogP contribution >= 0.6 is 22.7 Å². The first-order valence-corrected chi connectivity index (χ1v) is 17.5. The van der Waals surface area contributed by atoms with E-state index in [0.717, 1.165) is 11.8 Å². The van der Waals surface area contributed by atoms with Gasteiger partial charge in [0.05, 0.1) is 0 Å². The molecule has 0 aliphatic rings. The molecule has 5 aromatic rings. The maximum Gasteiger partial charge on any atom is 0.0434 e. The minimum absolute atomic E-state index is 0.799. The highest BCUT2D eigenvalue weighted by Crippen LogP contribution is 2.47. The highest BCUT2D eigenvalue weighted by Gasteiger charge is 2.19. The maximum absolute atomic E-state index is 2.39. The molecule has 0 saturated carbocycles. The molecule has 2 heteroatoms. The lowest BCUT2D eigenvalue weighted by molar-refractivity contribution is 0.449. The third-order valence-corrected chi connectivity index (χ3v) is 10.8. The van der Waals surface area contributed by atoms with Crippen LogP contribution in [0.15, 0.2) is 71.4 Å². The van der Waals surface area contributed by atoms with Crippen molar-refractivity contribution < 1.29 is 0 Å². The number of rotatable bonds is 14. The Morgan fingerprint density at radius 3 is 1.27 bits per heavy atom. The standard InChI is InChI=1S/C38H46S2/c1-5-9-11-27(7-3)25-29-13-17-31(18-14-29)35-33-21-23-40-38(33)36(34-22-24-39-37(34)35)32-19-15-30(16-20-32)26-28(8-4)12-10-6-2/h13-24,27-28H,5-12,25-26H2,1-4H3. The summed E-state index contributed by atoms with van der Waals surface area (Å²) in [6, 6.07) is 23.8. The molecule has 0 spiro atoms. The normalized spacial score (nSPS) is 13.3. The molecule has 2 unspecified atom stereocenters. The van der Waals surface area contributed by atoms with Crippen LogP contribution in [0.1, 0.15) is 90.2 Å². The maximum atomic E-state index is 2.39. The van der Waals surface area contributed by atoms with Crippen molar-refractivity contribution in [2.45, 2.75) is 91.9 Å². The Hall–Kier alpha value is -2.42. The second kappa shape index (κ2) is 14.0. The molecule has 0 bridgehead atoms. The van der Waals surface area contributed by atoms with Gasteiger partial charge in [-0.1, -0.05) is 128 Å². The van der Waals surface area contributed by atoms with Crippen LogP contribution in [0.4, 0.5) is 0 Å². The molecule has 0 radical (unpaired) electrons. The van der Waals surface area contributed by atoms with Crippen molar-refractivity contribution in [3.8, 4) is 22.3 Å². The Kier molecular flexibility index (Phi) is 10.2. The van der Waals surface area contributed by atoms with Crippen LogP contribution in [0.2, 0.25) is 0 Å². The van der Waals surface area contributed by atoms with Crippen molar-refractivity contribution >= 4 is 42.8 Å². The summed E-state index contributed by atoms with van der Waals surface area (Å²) in [5.41, 5.74) is 8.47. The van der Waals surface area contributed by atoms with Crippen molar-refractivity contribution in [2.24, 2.45) is 11.8 Å². The Labute approximate surface area is 250 Å². The molecule has 210 valence electrons. The van der Waals surface area contributed by atoms with Gasteiger partial charge in [0.25, 0.3) is 0 Å². The van der Waals surface area contributed by atoms with Crippen molar-refractivity contribution in [1.29, 1.82) is 0 Å². The topological polar surface area (TPSA) is 0 Å². The predicted octanol–water partition coefficient (Wildman–Crippen LogP) is 13.0. The van der Waals surface area contributed by atoms with Crippen LogP contribution in [0, 0.1) is 11.8 Å². The molecule has 0 nitrogen and oxygen atoms in total. The zero-order valence-electron chi connectivity index (χ0n) is 25.0. The summed E-state index contributed by atoms with van der Waals surface area (Å²) in [4.78, 5) is 0. The molecule has 5 rings (SSSR count). The molecule has 0 amide bonds. The van der Waals surface area contributed by atoms with Gasteiger partial charge in [0.1, 0.15) is 0 Å². The van der Waals surface area contributed by atoms with E-state index < -0.39 is 0 Å². The quantitative estimate of drug-likeness (QED) is 0.125. The zero-order chi connectivity index (χ0) is 27.9. The lowest BCUT2D eigenvalue weighted by Gasteiger charge is -2.16. The highest BCUT2D eigenvalue weighted by atomic mass is 32.1. The monoisotopic (exact) mass is 566 g/mol. The van der Waals surface area contributed by atoms with Crippen LogP contribution in [-0.4, -0.2) is 0 Å². The van der Waals surface area contributed by atoms with Crippen molar-refractivity contribution in [3.05, 3.63) is 82.6 Å². The third-order valence-electron chi connectivity index (χ3n) is 8.94. The second-order valence-corrected chi connectivity index (χ2v) is 13.5. The van der Waals surface area contributed by atoms with E-state index in [0.29, 0.717) is 0 Å². The van der Waals surface area contributed by atoms with Gasteiger partial charge >= 0.3 is 0 Å². The summed E-state index contributed by atoms with van der Waals surface area (Å²) < 4.78 is 2.83. The van der Waals surface area contributed by atoms with Gasteiger partial charge in [-0.25, -0.2) is 0 Å². The van der Waals surface area contributed by atoms with E-state index in [1.165, 1.54) is 118 Å². The summed E-state index contributed by atoms with van der Waals surface area (Å²) in [5.74, 6) is 1.60.